The smallest absolute Gasteiger partial charge is 0.340 e. The Morgan fingerprint density at radius 2 is 2.07 bits per heavy atom. The number of Topliss-reactive ketones (excluding diaryl/α,β-unsaturated/α-hetero) is 1. The average molecular weight is 413 g/mol. The van der Waals surface area contributed by atoms with E-state index in [1.807, 2.05) is 12.2 Å². The van der Waals surface area contributed by atoms with Crippen LogP contribution in [0.4, 0.5) is 0 Å². The number of cyclic esters (lactones) is 1. The highest BCUT2D eigenvalue weighted by atomic mass is 16.5. The highest BCUT2D eigenvalue weighted by molar-refractivity contribution is 6.04. The molecule has 2 bridgehead atoms. The van der Waals surface area contributed by atoms with Gasteiger partial charge in [-0.15, -0.1) is 0 Å². The molecule has 0 aromatic rings. The Morgan fingerprint density at radius 3 is 2.77 bits per heavy atom. The van der Waals surface area contributed by atoms with Crippen molar-refractivity contribution >= 4 is 17.7 Å². The van der Waals surface area contributed by atoms with Gasteiger partial charge in [0, 0.05) is 29.1 Å². The van der Waals surface area contributed by atoms with Crippen LogP contribution in [0, 0.1) is 23.2 Å². The summed E-state index contributed by atoms with van der Waals surface area (Å²) < 4.78 is 10.8. The number of unbranched alkanes of at least 4 members (excludes halogenated alkanes) is 2. The van der Waals surface area contributed by atoms with Crippen LogP contribution in [0.3, 0.4) is 0 Å². The first-order valence-electron chi connectivity index (χ1n) is 11.5. The van der Waals surface area contributed by atoms with Crippen LogP contribution in [0.1, 0.15) is 71.6 Å². The Kier molecular flexibility index (Phi) is 5.73. The van der Waals surface area contributed by atoms with Crippen molar-refractivity contribution in [3.05, 3.63) is 34.6 Å². The van der Waals surface area contributed by atoms with E-state index >= 15 is 0 Å². The summed E-state index contributed by atoms with van der Waals surface area (Å²) in [4.78, 5) is 39.6. The number of ketones is 1. The van der Waals surface area contributed by atoms with Crippen molar-refractivity contribution in [1.29, 1.82) is 0 Å². The molecule has 5 heteroatoms. The number of carbonyl (C=O) groups excluding carboxylic acids is 3. The van der Waals surface area contributed by atoms with E-state index in [0.29, 0.717) is 29.7 Å². The Hall–Kier alpha value is -2.17. The average Bonchev–Trinajstić information content (AvgIpc) is 3.11. The highest BCUT2D eigenvalue weighted by Gasteiger charge is 2.63. The first kappa shape index (κ1) is 21.1. The fourth-order valence-corrected chi connectivity index (χ4v) is 6.27. The molecule has 5 nitrogen and oxygen atoms in total. The maximum absolute atomic E-state index is 13.7. The molecule has 1 saturated carbocycles. The third kappa shape index (κ3) is 3.00. The van der Waals surface area contributed by atoms with Crippen molar-refractivity contribution in [3.8, 4) is 0 Å². The molecule has 0 aromatic heterocycles. The lowest BCUT2D eigenvalue weighted by molar-refractivity contribution is -0.147. The molecule has 4 aliphatic carbocycles. The van der Waals surface area contributed by atoms with Gasteiger partial charge in [-0.05, 0) is 56.4 Å². The molecule has 0 aromatic carbocycles. The Morgan fingerprint density at radius 1 is 1.27 bits per heavy atom. The van der Waals surface area contributed by atoms with Crippen molar-refractivity contribution in [2.45, 2.75) is 71.6 Å². The molecular formula is C25H32O5. The number of carbonyl (C=O) groups is 3. The predicted molar refractivity (Wildman–Crippen MR) is 112 cm³/mol. The molecule has 0 unspecified atom stereocenters. The summed E-state index contributed by atoms with van der Waals surface area (Å²) in [6.45, 7) is 4.15. The summed E-state index contributed by atoms with van der Waals surface area (Å²) in [5.41, 5.74) is 1.16. The summed E-state index contributed by atoms with van der Waals surface area (Å²) in [6, 6.07) is 0. The fraction of sp³-hybridized carbons (Fsp3) is 0.640. The zero-order valence-electron chi connectivity index (χ0n) is 18.3. The number of esters is 2. The molecule has 5 rings (SSSR count). The van der Waals surface area contributed by atoms with Gasteiger partial charge < -0.3 is 9.47 Å². The van der Waals surface area contributed by atoms with Crippen molar-refractivity contribution < 1.29 is 23.9 Å². The molecular weight excluding hydrogens is 380 g/mol. The summed E-state index contributed by atoms with van der Waals surface area (Å²) in [5, 5.41) is 0. The van der Waals surface area contributed by atoms with Crippen molar-refractivity contribution in [3.63, 3.8) is 0 Å². The molecule has 1 aliphatic heterocycles. The van der Waals surface area contributed by atoms with Crippen LogP contribution >= 0.6 is 0 Å². The molecule has 0 spiro atoms. The van der Waals surface area contributed by atoms with Gasteiger partial charge in [-0.25, -0.2) is 9.59 Å². The van der Waals surface area contributed by atoms with Crippen LogP contribution in [-0.2, 0) is 23.9 Å². The largest absolute Gasteiger partial charge is 0.466 e. The van der Waals surface area contributed by atoms with Gasteiger partial charge in [0.25, 0.3) is 0 Å². The molecule has 0 amide bonds. The Labute approximate surface area is 178 Å². The first-order chi connectivity index (χ1) is 14.5. The zero-order chi connectivity index (χ0) is 21.5. The molecule has 0 N–H and O–H groups in total. The number of fused-ring (bicyclic) bond motifs is 1. The number of hydrogen-bond donors (Lipinski definition) is 0. The van der Waals surface area contributed by atoms with E-state index in [1.54, 1.807) is 0 Å². The van der Waals surface area contributed by atoms with Crippen LogP contribution in [-0.4, -0.2) is 24.8 Å². The molecule has 5 aliphatic rings. The van der Waals surface area contributed by atoms with Crippen molar-refractivity contribution in [2.24, 2.45) is 23.2 Å². The van der Waals surface area contributed by atoms with Gasteiger partial charge in [-0.3, -0.25) is 4.79 Å². The predicted octanol–water partition coefficient (Wildman–Crippen LogP) is 4.82. The first-order valence-corrected chi connectivity index (χ1v) is 11.5. The van der Waals surface area contributed by atoms with Gasteiger partial charge in [0.15, 0.2) is 0 Å². The number of ether oxygens (including phenoxy) is 2. The third-order valence-corrected chi connectivity index (χ3v) is 7.60. The minimum atomic E-state index is -0.956. The number of methoxy groups -OCH3 is 1. The SMILES string of the molecule is CCC/C=C1/OC(=O)C2=C1CC[C@H]1[C@@H]2[C@@]2(C(=O)CCCC)CC[C@@H]1C=C2C(=O)OC. The summed E-state index contributed by atoms with van der Waals surface area (Å²) in [7, 11) is 1.37. The summed E-state index contributed by atoms with van der Waals surface area (Å²) in [5.74, 6) is 0.150. The molecule has 4 atom stereocenters. The van der Waals surface area contributed by atoms with Crippen LogP contribution in [0.2, 0.25) is 0 Å². The van der Waals surface area contributed by atoms with Crippen LogP contribution in [0.15, 0.2) is 34.6 Å². The Bertz CT molecular complexity index is 861. The van der Waals surface area contributed by atoms with Crippen LogP contribution in [0.25, 0.3) is 0 Å². The lowest BCUT2D eigenvalue weighted by Gasteiger charge is -2.55. The van der Waals surface area contributed by atoms with Gasteiger partial charge in [0.1, 0.15) is 11.5 Å². The van der Waals surface area contributed by atoms with E-state index in [2.05, 4.69) is 13.8 Å². The molecule has 162 valence electrons. The van der Waals surface area contributed by atoms with E-state index in [4.69, 9.17) is 9.47 Å². The second-order valence-corrected chi connectivity index (χ2v) is 9.09. The van der Waals surface area contributed by atoms with E-state index in [9.17, 15) is 14.4 Å². The summed E-state index contributed by atoms with van der Waals surface area (Å²) >= 11 is 0. The van der Waals surface area contributed by atoms with E-state index in [1.165, 1.54) is 7.11 Å². The van der Waals surface area contributed by atoms with E-state index < -0.39 is 11.4 Å². The van der Waals surface area contributed by atoms with Gasteiger partial charge >= 0.3 is 11.9 Å². The minimum absolute atomic E-state index is 0.0849. The van der Waals surface area contributed by atoms with Gasteiger partial charge in [-0.2, -0.15) is 0 Å². The van der Waals surface area contributed by atoms with Gasteiger partial charge in [0.05, 0.1) is 12.5 Å². The highest BCUT2D eigenvalue weighted by Crippen LogP contribution is 2.64. The fourth-order valence-electron chi connectivity index (χ4n) is 6.27. The maximum atomic E-state index is 13.7. The number of rotatable bonds is 7. The van der Waals surface area contributed by atoms with E-state index in [-0.39, 0.29) is 29.5 Å². The lowest BCUT2D eigenvalue weighted by atomic mass is 9.45. The molecule has 1 heterocycles. The number of allylic oxidation sites excluding steroid dienone is 3. The normalized spacial score (nSPS) is 33.2. The third-order valence-electron chi connectivity index (χ3n) is 7.60. The molecule has 0 radical (unpaired) electrons. The summed E-state index contributed by atoms with van der Waals surface area (Å²) in [6.07, 6.45) is 11.2. The van der Waals surface area contributed by atoms with Crippen molar-refractivity contribution in [2.75, 3.05) is 7.11 Å². The Balaban J connectivity index is 1.87. The van der Waals surface area contributed by atoms with Crippen LogP contribution in [0.5, 0.6) is 0 Å². The standard InChI is InChI=1S/C25H32O5/c1-4-6-8-19-17-11-10-16-15-12-13-25(20(26)9-7-5-2,18(14-15)23(27)29-3)22(16)21(17)24(28)30-19/h8,14-16,22H,4-7,9-13H2,1-3H3/b19-8+/t15-,16-,22+,25+/m1/s1. The second-order valence-electron chi connectivity index (χ2n) is 9.09. The second kappa shape index (κ2) is 8.16. The zero-order valence-corrected chi connectivity index (χ0v) is 18.3. The topological polar surface area (TPSA) is 69.7 Å². The molecule has 0 saturated heterocycles. The maximum Gasteiger partial charge on any atom is 0.340 e. The number of hydrogen-bond acceptors (Lipinski definition) is 5. The monoisotopic (exact) mass is 412 g/mol. The molecule has 30 heavy (non-hydrogen) atoms. The van der Waals surface area contributed by atoms with E-state index in [0.717, 1.165) is 50.5 Å². The van der Waals surface area contributed by atoms with Crippen molar-refractivity contribution in [1.82, 2.24) is 0 Å². The minimum Gasteiger partial charge on any atom is -0.466 e. The lowest BCUT2D eigenvalue weighted by Crippen LogP contribution is -2.56. The van der Waals surface area contributed by atoms with Gasteiger partial charge in [0.2, 0.25) is 0 Å². The quantitative estimate of drug-likeness (QED) is 0.561. The van der Waals surface area contributed by atoms with Gasteiger partial charge in [-0.1, -0.05) is 32.8 Å². The van der Waals surface area contributed by atoms with Crippen LogP contribution < -0.4 is 0 Å². The molecule has 1 fully saturated rings.